The summed E-state index contributed by atoms with van der Waals surface area (Å²) in [7, 11) is 1.66. The van der Waals surface area contributed by atoms with Gasteiger partial charge in [0.15, 0.2) is 0 Å². The van der Waals surface area contributed by atoms with Crippen LogP contribution in [0.1, 0.15) is 15.9 Å². The Morgan fingerprint density at radius 1 is 1.03 bits per heavy atom. The molecule has 0 atom stereocenters. The van der Waals surface area contributed by atoms with Gasteiger partial charge in [0.1, 0.15) is 18.2 Å². The highest BCUT2D eigenvalue weighted by atomic mass is 19.1. The highest BCUT2D eigenvalue weighted by molar-refractivity contribution is 6.05. The lowest BCUT2D eigenvalue weighted by atomic mass is 10.1. The minimum absolute atomic E-state index is 0.0974. The van der Waals surface area contributed by atoms with Crippen LogP contribution in [0.3, 0.4) is 0 Å². The maximum absolute atomic E-state index is 13.7. The average molecular weight is 402 g/mol. The normalized spacial score (nSPS) is 13.6. The number of aryl methyl sites for hydroxylation is 1. The standard InChI is InChI=1S/C20H20F2N4O3/c1-12-3-4-13(19(28)24-16-6-5-14(21)10-15(16)22)9-17(12)23-18(27)11-26-8-7-25(2)20(26)29/h3-6,9-10H,7-8,11H2,1-2H3,(H,23,27)(H,24,28). The van der Waals surface area contributed by atoms with Crippen LogP contribution in [-0.2, 0) is 4.79 Å². The molecule has 4 amide bonds. The van der Waals surface area contributed by atoms with E-state index in [1.165, 1.54) is 21.9 Å². The largest absolute Gasteiger partial charge is 0.326 e. The van der Waals surface area contributed by atoms with Crippen LogP contribution in [0.15, 0.2) is 36.4 Å². The lowest BCUT2D eigenvalue weighted by Crippen LogP contribution is -2.36. The minimum Gasteiger partial charge on any atom is -0.326 e. The van der Waals surface area contributed by atoms with Gasteiger partial charge in [-0.25, -0.2) is 13.6 Å². The SMILES string of the molecule is Cc1ccc(C(=O)Nc2ccc(F)cc2F)cc1NC(=O)CN1CCN(C)C1=O. The van der Waals surface area contributed by atoms with Crippen molar-refractivity contribution in [3.05, 3.63) is 59.2 Å². The van der Waals surface area contributed by atoms with Gasteiger partial charge in [0.25, 0.3) is 5.91 Å². The van der Waals surface area contributed by atoms with E-state index in [9.17, 15) is 23.2 Å². The Hall–Kier alpha value is -3.49. The first-order valence-electron chi connectivity index (χ1n) is 8.91. The number of carbonyl (C=O) groups is 3. The van der Waals surface area contributed by atoms with Crippen molar-refractivity contribution in [2.75, 3.05) is 37.3 Å². The number of carbonyl (C=O) groups excluding carboxylic acids is 3. The van der Waals surface area contributed by atoms with E-state index in [2.05, 4.69) is 10.6 Å². The summed E-state index contributed by atoms with van der Waals surface area (Å²) < 4.78 is 26.7. The third-order valence-electron chi connectivity index (χ3n) is 4.59. The lowest BCUT2D eigenvalue weighted by Gasteiger charge is -2.16. The van der Waals surface area contributed by atoms with Crippen molar-refractivity contribution in [3.8, 4) is 0 Å². The summed E-state index contributed by atoms with van der Waals surface area (Å²) >= 11 is 0. The van der Waals surface area contributed by atoms with E-state index in [-0.39, 0.29) is 29.7 Å². The quantitative estimate of drug-likeness (QED) is 0.807. The molecule has 0 saturated carbocycles. The van der Waals surface area contributed by atoms with Gasteiger partial charge in [-0.15, -0.1) is 0 Å². The van der Waals surface area contributed by atoms with Gasteiger partial charge in [-0.2, -0.15) is 0 Å². The molecule has 0 aromatic heterocycles. The van der Waals surface area contributed by atoms with Crippen LogP contribution in [0.4, 0.5) is 25.0 Å². The maximum atomic E-state index is 13.7. The molecular formula is C20H20F2N4O3. The molecule has 7 nitrogen and oxygen atoms in total. The van der Waals surface area contributed by atoms with Gasteiger partial charge in [0.05, 0.1) is 5.69 Å². The van der Waals surface area contributed by atoms with Crippen molar-refractivity contribution in [2.24, 2.45) is 0 Å². The van der Waals surface area contributed by atoms with Crippen LogP contribution in [0.25, 0.3) is 0 Å². The molecule has 2 aromatic carbocycles. The third kappa shape index (κ3) is 4.68. The van der Waals surface area contributed by atoms with E-state index in [0.717, 1.165) is 12.1 Å². The van der Waals surface area contributed by atoms with E-state index in [1.807, 2.05) is 0 Å². The fourth-order valence-electron chi connectivity index (χ4n) is 2.90. The highest BCUT2D eigenvalue weighted by Crippen LogP contribution is 2.20. The number of amides is 4. The Labute approximate surface area is 166 Å². The fourth-order valence-corrected chi connectivity index (χ4v) is 2.90. The molecule has 152 valence electrons. The molecule has 0 unspecified atom stereocenters. The van der Waals surface area contributed by atoms with Gasteiger partial charge < -0.3 is 20.4 Å². The van der Waals surface area contributed by atoms with Gasteiger partial charge in [-0.05, 0) is 36.8 Å². The highest BCUT2D eigenvalue weighted by Gasteiger charge is 2.27. The molecule has 2 N–H and O–H groups in total. The molecule has 1 aliphatic heterocycles. The lowest BCUT2D eigenvalue weighted by molar-refractivity contribution is -0.116. The Bertz CT molecular complexity index is 980. The number of urea groups is 1. The molecule has 29 heavy (non-hydrogen) atoms. The second-order valence-electron chi connectivity index (χ2n) is 6.78. The maximum Gasteiger partial charge on any atom is 0.320 e. The van der Waals surface area contributed by atoms with E-state index in [4.69, 9.17) is 0 Å². The topological polar surface area (TPSA) is 81.8 Å². The number of anilines is 2. The van der Waals surface area contributed by atoms with E-state index < -0.39 is 17.5 Å². The summed E-state index contributed by atoms with van der Waals surface area (Å²) in [5.41, 5.74) is 1.15. The zero-order valence-electron chi connectivity index (χ0n) is 16.0. The summed E-state index contributed by atoms with van der Waals surface area (Å²) in [5, 5.41) is 5.07. The number of benzene rings is 2. The van der Waals surface area contributed by atoms with Gasteiger partial charge >= 0.3 is 6.03 Å². The van der Waals surface area contributed by atoms with E-state index >= 15 is 0 Å². The molecular weight excluding hydrogens is 382 g/mol. The second-order valence-corrected chi connectivity index (χ2v) is 6.78. The first-order valence-corrected chi connectivity index (χ1v) is 8.91. The predicted octanol–water partition coefficient (Wildman–Crippen LogP) is 2.83. The molecule has 0 radical (unpaired) electrons. The number of nitrogens with one attached hydrogen (secondary N) is 2. The number of halogens is 2. The van der Waals surface area contributed by atoms with Crippen LogP contribution in [-0.4, -0.2) is 54.3 Å². The van der Waals surface area contributed by atoms with Crippen LogP contribution in [0.2, 0.25) is 0 Å². The van der Waals surface area contributed by atoms with Gasteiger partial charge in [-0.3, -0.25) is 9.59 Å². The molecule has 9 heteroatoms. The van der Waals surface area contributed by atoms with Crippen molar-refractivity contribution in [1.82, 2.24) is 9.80 Å². The Morgan fingerprint density at radius 2 is 1.79 bits per heavy atom. The van der Waals surface area contributed by atoms with Crippen molar-refractivity contribution in [1.29, 1.82) is 0 Å². The van der Waals surface area contributed by atoms with Crippen molar-refractivity contribution < 1.29 is 23.2 Å². The van der Waals surface area contributed by atoms with Gasteiger partial charge in [0.2, 0.25) is 5.91 Å². The summed E-state index contributed by atoms with van der Waals surface area (Å²) in [6.07, 6.45) is 0. The average Bonchev–Trinajstić information content (AvgIpc) is 2.97. The third-order valence-corrected chi connectivity index (χ3v) is 4.59. The van der Waals surface area contributed by atoms with Crippen LogP contribution in [0.5, 0.6) is 0 Å². The molecule has 1 saturated heterocycles. The summed E-state index contributed by atoms with van der Waals surface area (Å²) in [6.45, 7) is 2.68. The van der Waals surface area contributed by atoms with Crippen LogP contribution >= 0.6 is 0 Å². The summed E-state index contributed by atoms with van der Waals surface area (Å²) in [5.74, 6) is -2.64. The van der Waals surface area contributed by atoms with Gasteiger partial charge in [0, 0.05) is 37.5 Å². The molecule has 3 rings (SSSR count). The van der Waals surface area contributed by atoms with E-state index in [1.54, 1.807) is 20.0 Å². The summed E-state index contributed by atoms with van der Waals surface area (Å²) in [4.78, 5) is 39.6. The molecule has 0 bridgehead atoms. The Balaban J connectivity index is 1.69. The molecule has 1 heterocycles. The molecule has 1 aliphatic rings. The minimum atomic E-state index is -0.890. The number of likely N-dealkylation sites (N-methyl/N-ethyl adjacent to an activating group) is 1. The first-order chi connectivity index (χ1) is 13.7. The number of rotatable bonds is 5. The monoisotopic (exact) mass is 402 g/mol. The van der Waals surface area contributed by atoms with Crippen LogP contribution < -0.4 is 10.6 Å². The Kier molecular flexibility index (Phi) is 5.76. The second kappa shape index (κ2) is 8.26. The smallest absolute Gasteiger partial charge is 0.320 e. The van der Waals surface area contributed by atoms with Crippen molar-refractivity contribution in [3.63, 3.8) is 0 Å². The Morgan fingerprint density at radius 3 is 2.45 bits per heavy atom. The fraction of sp³-hybridized carbons (Fsp3) is 0.250. The first kappa shape index (κ1) is 20.2. The van der Waals surface area contributed by atoms with E-state index in [0.29, 0.717) is 30.4 Å². The van der Waals surface area contributed by atoms with Crippen LogP contribution in [0, 0.1) is 18.6 Å². The zero-order valence-corrected chi connectivity index (χ0v) is 16.0. The van der Waals surface area contributed by atoms with Crippen molar-refractivity contribution in [2.45, 2.75) is 6.92 Å². The van der Waals surface area contributed by atoms with Crippen molar-refractivity contribution >= 4 is 29.2 Å². The molecule has 0 aliphatic carbocycles. The predicted molar refractivity (Wildman–Crippen MR) is 104 cm³/mol. The number of nitrogens with zero attached hydrogens (tertiary/aromatic N) is 2. The molecule has 2 aromatic rings. The van der Waals surface area contributed by atoms with Gasteiger partial charge in [-0.1, -0.05) is 6.07 Å². The number of hydrogen-bond donors (Lipinski definition) is 2. The zero-order chi connectivity index (χ0) is 21.1. The summed E-state index contributed by atoms with van der Waals surface area (Å²) in [6, 6.07) is 7.25. The number of hydrogen-bond acceptors (Lipinski definition) is 3. The molecule has 1 fully saturated rings. The molecule has 0 spiro atoms.